The van der Waals surface area contributed by atoms with Crippen molar-refractivity contribution in [3.05, 3.63) is 60.2 Å². The maximum Gasteiger partial charge on any atom is 0.123 e. The summed E-state index contributed by atoms with van der Waals surface area (Å²) >= 11 is 5.54. The fraction of sp³-hybridized carbons (Fsp3) is 0.235. The third-order valence-electron chi connectivity index (χ3n) is 3.57. The summed E-state index contributed by atoms with van der Waals surface area (Å²) in [6.45, 7) is 2.15. The van der Waals surface area contributed by atoms with Crippen LogP contribution in [0.3, 0.4) is 0 Å². The fourth-order valence-corrected chi connectivity index (χ4v) is 2.74. The first-order valence-corrected chi connectivity index (χ1v) is 7.86. The summed E-state index contributed by atoms with van der Waals surface area (Å²) in [5.74, 6) is 0. The number of hydrogen-bond donors (Lipinski definition) is 1. The van der Waals surface area contributed by atoms with E-state index < -0.39 is 0 Å². The van der Waals surface area contributed by atoms with Crippen LogP contribution in [0, 0.1) is 0 Å². The van der Waals surface area contributed by atoms with Gasteiger partial charge in [-0.15, -0.1) is 5.10 Å². The maximum absolute atomic E-state index is 5.54. The van der Waals surface area contributed by atoms with E-state index in [1.54, 1.807) is 0 Å². The van der Waals surface area contributed by atoms with Crippen LogP contribution in [0.2, 0.25) is 0 Å². The molecule has 0 fully saturated rings. The van der Waals surface area contributed by atoms with Crippen molar-refractivity contribution in [1.29, 1.82) is 0 Å². The second kappa shape index (κ2) is 6.66. The van der Waals surface area contributed by atoms with Crippen molar-refractivity contribution in [3.63, 3.8) is 0 Å². The van der Waals surface area contributed by atoms with Gasteiger partial charge in [0.2, 0.25) is 0 Å². The quantitative estimate of drug-likeness (QED) is 0.730. The molecule has 0 aliphatic rings. The van der Waals surface area contributed by atoms with E-state index in [0.717, 1.165) is 34.4 Å². The summed E-state index contributed by atoms with van der Waals surface area (Å²) in [4.78, 5) is 0.735. The Kier molecular flexibility index (Phi) is 4.44. The summed E-state index contributed by atoms with van der Waals surface area (Å²) in [5, 5.41) is 12.0. The number of nitrogens with one attached hydrogen (secondary N) is 1. The molecule has 5 heteroatoms. The Bertz CT molecular complexity index is 766. The Hall–Kier alpha value is -2.27. The Balaban J connectivity index is 1.88. The average molecular weight is 310 g/mol. The zero-order valence-electron chi connectivity index (χ0n) is 12.4. The van der Waals surface area contributed by atoms with Gasteiger partial charge in [-0.05, 0) is 18.6 Å². The van der Waals surface area contributed by atoms with Crippen LogP contribution in [0.4, 0.5) is 0 Å². The number of nitrogens with zero attached hydrogens (tertiary/aromatic N) is 3. The molecule has 0 saturated carbocycles. The smallest absolute Gasteiger partial charge is 0.123 e. The van der Waals surface area contributed by atoms with E-state index in [1.165, 1.54) is 0 Å². The summed E-state index contributed by atoms with van der Waals surface area (Å²) in [5.41, 5.74) is 2.93. The monoisotopic (exact) mass is 310 g/mol. The zero-order chi connectivity index (χ0) is 15.4. The largest absolute Gasteiger partial charge is 0.354 e. The van der Waals surface area contributed by atoms with Gasteiger partial charge in [-0.2, -0.15) is 0 Å². The summed E-state index contributed by atoms with van der Waals surface area (Å²) < 4.78 is 1.92. The first-order valence-electron chi connectivity index (χ1n) is 7.45. The van der Waals surface area contributed by atoms with Crippen LogP contribution in [0.25, 0.3) is 11.0 Å². The molecule has 1 N–H and O–H groups in total. The van der Waals surface area contributed by atoms with E-state index in [4.69, 9.17) is 12.2 Å². The molecule has 0 aliphatic heterocycles. The molecule has 3 aromatic rings. The minimum Gasteiger partial charge on any atom is -0.354 e. The first-order chi connectivity index (χ1) is 10.8. The lowest BCUT2D eigenvalue weighted by atomic mass is 10.2. The second-order valence-electron chi connectivity index (χ2n) is 5.17. The van der Waals surface area contributed by atoms with Gasteiger partial charge < -0.3 is 5.32 Å². The van der Waals surface area contributed by atoms with Gasteiger partial charge in [0.25, 0.3) is 0 Å². The molecule has 1 heterocycles. The van der Waals surface area contributed by atoms with Crippen LogP contribution in [0.5, 0.6) is 0 Å². The fourth-order valence-electron chi connectivity index (χ4n) is 2.47. The van der Waals surface area contributed by atoms with Crippen LogP contribution >= 0.6 is 12.2 Å². The molecule has 2 aromatic carbocycles. The van der Waals surface area contributed by atoms with Gasteiger partial charge in [-0.25, -0.2) is 4.68 Å². The predicted molar refractivity (Wildman–Crippen MR) is 92.8 cm³/mol. The highest BCUT2D eigenvalue weighted by Crippen LogP contribution is 2.18. The predicted octanol–water partition coefficient (Wildman–Crippen LogP) is 3.70. The van der Waals surface area contributed by atoms with Crippen LogP contribution in [-0.4, -0.2) is 20.0 Å². The molecule has 0 bridgehead atoms. The van der Waals surface area contributed by atoms with Crippen molar-refractivity contribution >= 4 is 28.2 Å². The Morgan fingerprint density at radius 2 is 1.86 bits per heavy atom. The molecular formula is C17H18N4S. The molecule has 1 atom stereocenters. The van der Waals surface area contributed by atoms with Crippen molar-refractivity contribution in [3.8, 4) is 0 Å². The highest BCUT2D eigenvalue weighted by atomic mass is 32.1. The third-order valence-corrected chi connectivity index (χ3v) is 3.92. The minimum atomic E-state index is 0.00473. The molecule has 22 heavy (non-hydrogen) atoms. The molecule has 3 rings (SSSR count). The first kappa shape index (κ1) is 14.7. The van der Waals surface area contributed by atoms with E-state index in [0.29, 0.717) is 0 Å². The van der Waals surface area contributed by atoms with Crippen molar-refractivity contribution in [2.24, 2.45) is 0 Å². The van der Waals surface area contributed by atoms with Crippen LogP contribution < -0.4 is 5.32 Å². The third kappa shape index (κ3) is 2.99. The Morgan fingerprint density at radius 1 is 1.14 bits per heavy atom. The summed E-state index contributed by atoms with van der Waals surface area (Å²) in [6, 6.07) is 18.0. The SMILES string of the molecule is CCC[C@H](NC(=S)c1ccccc1)n1nnc2ccccc21. The Morgan fingerprint density at radius 3 is 2.64 bits per heavy atom. The van der Waals surface area contributed by atoms with Gasteiger partial charge in [0.15, 0.2) is 0 Å². The van der Waals surface area contributed by atoms with Gasteiger partial charge in [0.1, 0.15) is 16.7 Å². The lowest BCUT2D eigenvalue weighted by Gasteiger charge is -2.20. The summed E-state index contributed by atoms with van der Waals surface area (Å²) in [7, 11) is 0. The van der Waals surface area contributed by atoms with Crippen LogP contribution in [0.1, 0.15) is 31.5 Å². The average Bonchev–Trinajstić information content (AvgIpc) is 2.99. The maximum atomic E-state index is 5.54. The van der Waals surface area contributed by atoms with Crippen molar-refractivity contribution in [2.45, 2.75) is 25.9 Å². The van der Waals surface area contributed by atoms with Gasteiger partial charge >= 0.3 is 0 Å². The molecule has 4 nitrogen and oxygen atoms in total. The number of fused-ring (bicyclic) bond motifs is 1. The molecule has 1 aromatic heterocycles. The lowest BCUT2D eigenvalue weighted by molar-refractivity contribution is 0.399. The van der Waals surface area contributed by atoms with E-state index in [2.05, 4.69) is 22.6 Å². The number of hydrogen-bond acceptors (Lipinski definition) is 3. The number of thiocarbonyl (C=S) groups is 1. The highest BCUT2D eigenvalue weighted by Gasteiger charge is 2.16. The topological polar surface area (TPSA) is 42.7 Å². The zero-order valence-corrected chi connectivity index (χ0v) is 13.3. The number of rotatable bonds is 5. The van der Waals surface area contributed by atoms with E-state index in [-0.39, 0.29) is 6.17 Å². The highest BCUT2D eigenvalue weighted by molar-refractivity contribution is 7.80. The Labute approximate surface area is 135 Å². The second-order valence-corrected chi connectivity index (χ2v) is 5.57. The van der Waals surface area contributed by atoms with Gasteiger partial charge in [0, 0.05) is 5.56 Å². The van der Waals surface area contributed by atoms with Crippen LogP contribution in [0.15, 0.2) is 54.6 Å². The number of aromatic nitrogens is 3. The molecule has 112 valence electrons. The summed E-state index contributed by atoms with van der Waals surface area (Å²) in [6.07, 6.45) is 1.97. The van der Waals surface area contributed by atoms with Crippen LogP contribution in [-0.2, 0) is 0 Å². The molecule has 0 unspecified atom stereocenters. The molecular weight excluding hydrogens is 292 g/mol. The normalized spacial score (nSPS) is 12.2. The van der Waals surface area contributed by atoms with Gasteiger partial charge in [-0.1, -0.05) is 73.2 Å². The lowest BCUT2D eigenvalue weighted by Crippen LogP contribution is -2.32. The molecule has 0 radical (unpaired) electrons. The number of para-hydroxylation sites is 1. The minimum absolute atomic E-state index is 0.00473. The van der Waals surface area contributed by atoms with E-state index in [1.807, 2.05) is 59.3 Å². The molecule has 0 aliphatic carbocycles. The standard InChI is InChI=1S/C17H18N4S/c1-2-8-16(18-17(22)13-9-4-3-5-10-13)21-15-12-7-6-11-14(15)19-20-21/h3-7,9-12,16H,2,8H2,1H3,(H,18,22)/t16-/m1/s1. The van der Waals surface area contributed by atoms with Crippen molar-refractivity contribution < 1.29 is 0 Å². The van der Waals surface area contributed by atoms with Crippen molar-refractivity contribution in [2.75, 3.05) is 0 Å². The van der Waals surface area contributed by atoms with Crippen molar-refractivity contribution in [1.82, 2.24) is 20.3 Å². The molecule has 0 spiro atoms. The number of benzene rings is 2. The van der Waals surface area contributed by atoms with Gasteiger partial charge in [0.05, 0.1) is 5.52 Å². The molecule has 0 amide bonds. The molecule has 0 saturated heterocycles. The van der Waals surface area contributed by atoms with E-state index >= 15 is 0 Å². The van der Waals surface area contributed by atoms with E-state index in [9.17, 15) is 0 Å². The van der Waals surface area contributed by atoms with Gasteiger partial charge in [-0.3, -0.25) is 0 Å².